The standard InChI is InChI=1S/C17H27NO/c1-13-6-4-7-14(2)17(13)18-11-10-15-8-5-9-16(12-15)19-3/h5,8-9,12-14,17-18H,4,6-7,10-11H2,1-3H3. The summed E-state index contributed by atoms with van der Waals surface area (Å²) in [7, 11) is 1.72. The molecular formula is C17H27NO. The Labute approximate surface area is 117 Å². The molecular weight excluding hydrogens is 234 g/mol. The summed E-state index contributed by atoms with van der Waals surface area (Å²) in [6, 6.07) is 9.08. The van der Waals surface area contributed by atoms with Crippen LogP contribution >= 0.6 is 0 Å². The highest BCUT2D eigenvalue weighted by atomic mass is 16.5. The average Bonchev–Trinajstić information content (AvgIpc) is 2.42. The molecule has 0 saturated heterocycles. The van der Waals surface area contributed by atoms with Crippen LogP contribution in [-0.4, -0.2) is 19.7 Å². The maximum Gasteiger partial charge on any atom is 0.119 e. The van der Waals surface area contributed by atoms with Crippen LogP contribution in [0.15, 0.2) is 24.3 Å². The predicted octanol–water partition coefficient (Wildman–Crippen LogP) is 3.65. The number of ether oxygens (including phenoxy) is 1. The summed E-state index contributed by atoms with van der Waals surface area (Å²) >= 11 is 0. The molecule has 0 aliphatic heterocycles. The van der Waals surface area contributed by atoms with E-state index in [1.54, 1.807) is 7.11 Å². The first-order chi connectivity index (χ1) is 9.20. The minimum absolute atomic E-state index is 0.694. The highest BCUT2D eigenvalue weighted by Gasteiger charge is 2.26. The lowest BCUT2D eigenvalue weighted by Gasteiger charge is -2.35. The molecule has 0 amide bonds. The van der Waals surface area contributed by atoms with Crippen molar-refractivity contribution in [3.8, 4) is 5.75 Å². The number of hydrogen-bond donors (Lipinski definition) is 1. The summed E-state index contributed by atoms with van der Waals surface area (Å²) in [5.41, 5.74) is 1.35. The van der Waals surface area contributed by atoms with Gasteiger partial charge in [0.15, 0.2) is 0 Å². The molecule has 1 N–H and O–H groups in total. The van der Waals surface area contributed by atoms with Crippen LogP contribution in [0.3, 0.4) is 0 Å². The first kappa shape index (κ1) is 14.4. The van der Waals surface area contributed by atoms with Crippen molar-refractivity contribution in [2.24, 2.45) is 11.8 Å². The quantitative estimate of drug-likeness (QED) is 0.873. The van der Waals surface area contributed by atoms with Gasteiger partial charge < -0.3 is 10.1 Å². The van der Waals surface area contributed by atoms with Gasteiger partial charge in [0, 0.05) is 6.04 Å². The number of benzene rings is 1. The van der Waals surface area contributed by atoms with Gasteiger partial charge in [-0.15, -0.1) is 0 Å². The fraction of sp³-hybridized carbons (Fsp3) is 0.647. The SMILES string of the molecule is COc1cccc(CCNC2C(C)CCCC2C)c1. The molecule has 0 radical (unpaired) electrons. The summed E-state index contributed by atoms with van der Waals surface area (Å²) in [6.07, 6.45) is 5.23. The Morgan fingerprint density at radius 2 is 1.95 bits per heavy atom. The topological polar surface area (TPSA) is 21.3 Å². The Balaban J connectivity index is 1.82. The molecule has 1 aliphatic rings. The zero-order valence-electron chi connectivity index (χ0n) is 12.5. The third-order valence-electron chi connectivity index (χ3n) is 4.47. The molecule has 1 aromatic carbocycles. The van der Waals surface area contributed by atoms with E-state index >= 15 is 0 Å². The molecule has 19 heavy (non-hydrogen) atoms. The Morgan fingerprint density at radius 1 is 1.21 bits per heavy atom. The molecule has 1 aliphatic carbocycles. The summed E-state index contributed by atoms with van der Waals surface area (Å²) < 4.78 is 5.26. The van der Waals surface area contributed by atoms with Crippen LogP contribution in [0.2, 0.25) is 0 Å². The van der Waals surface area contributed by atoms with E-state index in [4.69, 9.17) is 4.74 Å². The van der Waals surface area contributed by atoms with Crippen molar-refractivity contribution in [1.82, 2.24) is 5.32 Å². The van der Waals surface area contributed by atoms with Crippen molar-refractivity contribution in [1.29, 1.82) is 0 Å². The van der Waals surface area contributed by atoms with Gasteiger partial charge in [-0.05, 0) is 55.3 Å². The molecule has 1 fully saturated rings. The lowest BCUT2D eigenvalue weighted by Crippen LogP contribution is -2.43. The Morgan fingerprint density at radius 3 is 2.63 bits per heavy atom. The number of rotatable bonds is 5. The first-order valence-electron chi connectivity index (χ1n) is 7.57. The molecule has 1 aromatic rings. The van der Waals surface area contributed by atoms with Crippen molar-refractivity contribution in [3.63, 3.8) is 0 Å². The molecule has 0 spiro atoms. The van der Waals surface area contributed by atoms with E-state index in [9.17, 15) is 0 Å². The van der Waals surface area contributed by atoms with Gasteiger partial charge in [-0.25, -0.2) is 0 Å². The van der Waals surface area contributed by atoms with Gasteiger partial charge in [0.05, 0.1) is 7.11 Å². The molecule has 1 saturated carbocycles. The first-order valence-corrected chi connectivity index (χ1v) is 7.57. The van der Waals surface area contributed by atoms with E-state index < -0.39 is 0 Å². The molecule has 0 aromatic heterocycles. The van der Waals surface area contributed by atoms with Crippen molar-refractivity contribution in [2.75, 3.05) is 13.7 Å². The normalized spacial score (nSPS) is 27.2. The van der Waals surface area contributed by atoms with Crippen LogP contribution in [0.5, 0.6) is 5.75 Å². The van der Waals surface area contributed by atoms with Crippen LogP contribution in [0.1, 0.15) is 38.7 Å². The van der Waals surface area contributed by atoms with E-state index in [2.05, 4.69) is 37.4 Å². The molecule has 2 nitrogen and oxygen atoms in total. The number of methoxy groups -OCH3 is 1. The van der Waals surface area contributed by atoms with E-state index in [1.807, 2.05) is 6.07 Å². The van der Waals surface area contributed by atoms with Gasteiger partial charge in [0.1, 0.15) is 5.75 Å². The lowest BCUT2D eigenvalue weighted by molar-refractivity contribution is 0.210. The van der Waals surface area contributed by atoms with Crippen molar-refractivity contribution < 1.29 is 4.74 Å². The second-order valence-electron chi connectivity index (χ2n) is 5.97. The monoisotopic (exact) mass is 261 g/mol. The second kappa shape index (κ2) is 6.95. The van der Waals surface area contributed by atoms with Crippen LogP contribution in [0, 0.1) is 11.8 Å². The van der Waals surface area contributed by atoms with Crippen molar-refractivity contribution in [2.45, 2.75) is 45.6 Å². The third-order valence-corrected chi connectivity index (χ3v) is 4.47. The Kier molecular flexibility index (Phi) is 5.26. The molecule has 106 valence electrons. The fourth-order valence-electron chi connectivity index (χ4n) is 3.30. The van der Waals surface area contributed by atoms with Gasteiger partial charge >= 0.3 is 0 Å². The second-order valence-corrected chi connectivity index (χ2v) is 5.97. The zero-order chi connectivity index (χ0) is 13.7. The van der Waals surface area contributed by atoms with Crippen LogP contribution < -0.4 is 10.1 Å². The molecule has 0 bridgehead atoms. The summed E-state index contributed by atoms with van der Waals surface area (Å²) in [5.74, 6) is 2.58. The van der Waals surface area contributed by atoms with Crippen molar-refractivity contribution in [3.05, 3.63) is 29.8 Å². The molecule has 2 atom stereocenters. The maximum absolute atomic E-state index is 5.26. The minimum atomic E-state index is 0.694. The Hall–Kier alpha value is -1.02. The molecule has 2 heteroatoms. The number of nitrogens with one attached hydrogen (secondary N) is 1. The van der Waals surface area contributed by atoms with E-state index in [0.717, 1.165) is 30.6 Å². The van der Waals surface area contributed by atoms with Crippen LogP contribution in [0.4, 0.5) is 0 Å². The lowest BCUT2D eigenvalue weighted by atomic mass is 9.78. The predicted molar refractivity (Wildman–Crippen MR) is 80.7 cm³/mol. The molecule has 0 heterocycles. The fourth-order valence-corrected chi connectivity index (χ4v) is 3.30. The highest BCUT2D eigenvalue weighted by Crippen LogP contribution is 2.28. The van der Waals surface area contributed by atoms with Crippen molar-refractivity contribution >= 4 is 0 Å². The largest absolute Gasteiger partial charge is 0.497 e. The van der Waals surface area contributed by atoms with Gasteiger partial charge in [0.25, 0.3) is 0 Å². The summed E-state index contributed by atoms with van der Waals surface area (Å²) in [4.78, 5) is 0. The highest BCUT2D eigenvalue weighted by molar-refractivity contribution is 5.28. The Bertz CT molecular complexity index is 381. The van der Waals surface area contributed by atoms with Gasteiger partial charge in [-0.2, -0.15) is 0 Å². The molecule has 2 rings (SSSR count). The van der Waals surface area contributed by atoms with E-state index in [0.29, 0.717) is 6.04 Å². The third kappa shape index (κ3) is 3.97. The van der Waals surface area contributed by atoms with Gasteiger partial charge in [0.2, 0.25) is 0 Å². The number of hydrogen-bond acceptors (Lipinski definition) is 2. The van der Waals surface area contributed by atoms with Gasteiger partial charge in [-0.1, -0.05) is 32.4 Å². The average molecular weight is 261 g/mol. The van der Waals surface area contributed by atoms with Crippen LogP contribution in [-0.2, 0) is 6.42 Å². The minimum Gasteiger partial charge on any atom is -0.497 e. The summed E-state index contributed by atoms with van der Waals surface area (Å²) in [6.45, 7) is 5.84. The van der Waals surface area contributed by atoms with E-state index in [-0.39, 0.29) is 0 Å². The van der Waals surface area contributed by atoms with E-state index in [1.165, 1.54) is 24.8 Å². The zero-order valence-corrected chi connectivity index (χ0v) is 12.5. The van der Waals surface area contributed by atoms with Gasteiger partial charge in [-0.3, -0.25) is 0 Å². The molecule has 2 unspecified atom stereocenters. The summed E-state index contributed by atoms with van der Waals surface area (Å²) in [5, 5.41) is 3.77. The maximum atomic E-state index is 5.26. The van der Waals surface area contributed by atoms with Crippen LogP contribution in [0.25, 0.3) is 0 Å². The smallest absolute Gasteiger partial charge is 0.119 e.